The molecule has 0 saturated carbocycles. The Morgan fingerprint density at radius 2 is 1.03 bits per heavy atom. The third-order valence-electron chi connectivity index (χ3n) is 11.0. The number of hydrogen-bond donors (Lipinski definition) is 0. The lowest BCUT2D eigenvalue weighted by Gasteiger charge is -2.32. The van der Waals surface area contributed by atoms with Gasteiger partial charge in [0.15, 0.2) is 0 Å². The smallest absolute Gasteiger partial charge is 0.0540 e. The van der Waals surface area contributed by atoms with Gasteiger partial charge in [0.2, 0.25) is 0 Å². The molecule has 1 aliphatic heterocycles. The number of rotatable bonds is 8. The molecule has 10 rings (SSSR count). The second kappa shape index (κ2) is 17.4. The molecule has 0 spiro atoms. The van der Waals surface area contributed by atoms with E-state index < -0.39 is 0 Å². The Labute approximate surface area is 358 Å². The highest BCUT2D eigenvalue weighted by Crippen LogP contribution is 2.45. The molecular weight excluding hydrogens is 747 g/mol. The van der Waals surface area contributed by atoms with Crippen molar-refractivity contribution in [2.45, 2.75) is 20.8 Å². The Bertz CT molecular complexity index is 2890. The minimum atomic E-state index is 0.693. The fraction of sp³-hybridized carbons (Fsp3) is 0.0714. The van der Waals surface area contributed by atoms with E-state index in [9.17, 15) is 0 Å². The van der Waals surface area contributed by atoms with E-state index in [0.717, 1.165) is 45.3 Å². The summed E-state index contributed by atoms with van der Waals surface area (Å²) in [6.45, 7) is 6.95. The minimum absolute atomic E-state index is 0.693. The Kier molecular flexibility index (Phi) is 11.1. The van der Waals surface area contributed by atoms with Crippen LogP contribution in [-0.4, -0.2) is 6.54 Å². The molecule has 1 aliphatic rings. The molecule has 8 aromatic carbocycles. The van der Waals surface area contributed by atoms with E-state index in [1.165, 1.54) is 42.7 Å². The molecule has 0 unspecified atom stereocenters. The third kappa shape index (κ3) is 7.50. The molecule has 4 heteroatoms. The van der Waals surface area contributed by atoms with Gasteiger partial charge in [-0.15, -0.1) is 11.3 Å². The van der Waals surface area contributed by atoms with Gasteiger partial charge in [0.1, 0.15) is 0 Å². The lowest BCUT2D eigenvalue weighted by molar-refractivity contribution is 1.06. The SMILES string of the molecule is C/C1=C\C(N(c2ccccc2)c2cccc(-c3ccccc3N(c3ccccc3)c3ccccc3)c2)=C/CN(c2ccccc2)c2cc3c(cc21)sc1ccccc13.CC. The van der Waals surface area contributed by atoms with Crippen molar-refractivity contribution in [1.29, 1.82) is 0 Å². The number of allylic oxidation sites excluding steroid dienone is 2. The van der Waals surface area contributed by atoms with Crippen molar-refractivity contribution in [3.63, 3.8) is 0 Å². The summed E-state index contributed by atoms with van der Waals surface area (Å²) in [6, 6.07) is 74.2. The van der Waals surface area contributed by atoms with Crippen molar-refractivity contribution >= 4 is 76.9 Å². The topological polar surface area (TPSA) is 9.72 Å². The van der Waals surface area contributed by atoms with E-state index in [2.05, 4.69) is 240 Å². The van der Waals surface area contributed by atoms with Crippen LogP contribution in [0.3, 0.4) is 0 Å². The molecule has 0 aliphatic carbocycles. The maximum Gasteiger partial charge on any atom is 0.0540 e. The van der Waals surface area contributed by atoms with Crippen LogP contribution in [0.5, 0.6) is 0 Å². The van der Waals surface area contributed by atoms with Crippen molar-refractivity contribution in [3.05, 3.63) is 230 Å². The molecule has 0 amide bonds. The summed E-state index contributed by atoms with van der Waals surface area (Å²) >= 11 is 1.87. The lowest BCUT2D eigenvalue weighted by atomic mass is 9.97. The lowest BCUT2D eigenvalue weighted by Crippen LogP contribution is -2.23. The van der Waals surface area contributed by atoms with Gasteiger partial charge in [0.25, 0.3) is 0 Å². The molecule has 9 aromatic rings. The summed E-state index contributed by atoms with van der Waals surface area (Å²) in [5.41, 5.74) is 13.8. The minimum Gasteiger partial charge on any atom is -0.337 e. The molecule has 1 aromatic heterocycles. The van der Waals surface area contributed by atoms with Crippen LogP contribution in [-0.2, 0) is 0 Å². The van der Waals surface area contributed by atoms with E-state index in [1.807, 2.05) is 25.2 Å². The molecule has 0 N–H and O–H groups in total. The number of thiophene rings is 1. The summed E-state index contributed by atoms with van der Waals surface area (Å²) in [4.78, 5) is 7.23. The van der Waals surface area contributed by atoms with Gasteiger partial charge in [-0.1, -0.05) is 135 Å². The van der Waals surface area contributed by atoms with Crippen LogP contribution < -0.4 is 14.7 Å². The number of fused-ring (bicyclic) bond motifs is 4. The van der Waals surface area contributed by atoms with Crippen LogP contribution in [0.15, 0.2) is 224 Å². The monoisotopic (exact) mass is 793 g/mol. The van der Waals surface area contributed by atoms with E-state index in [-0.39, 0.29) is 0 Å². The average molecular weight is 794 g/mol. The number of nitrogens with zero attached hydrogens (tertiary/aromatic N) is 3. The fourth-order valence-corrected chi connectivity index (χ4v) is 9.41. The van der Waals surface area contributed by atoms with E-state index in [0.29, 0.717) is 6.54 Å². The van der Waals surface area contributed by atoms with Crippen LogP contribution in [0, 0.1) is 0 Å². The van der Waals surface area contributed by atoms with Gasteiger partial charge in [-0.3, -0.25) is 0 Å². The van der Waals surface area contributed by atoms with Crippen LogP contribution in [0.2, 0.25) is 0 Å². The standard InChI is InChI=1S/C54H41N3S.C2H6/c1-39-35-46(33-34-55(41-20-6-2-7-21-41)52-37-50-48-30-15-17-32-53(48)58-54(50)38-49(39)52)56(42-22-8-3-9-23-42)45-28-18-19-40(36-45)47-29-14-16-31-51(47)57(43-24-10-4-11-25-43)44-26-12-5-13-27-44;1-2/h2-33,35-38H,34H2,1H3;1-2H3/b39-35+,46-33+;. The predicted molar refractivity (Wildman–Crippen MR) is 261 cm³/mol. The van der Waals surface area contributed by atoms with Crippen LogP contribution in [0.4, 0.5) is 39.8 Å². The zero-order chi connectivity index (χ0) is 40.8. The Morgan fingerprint density at radius 3 is 1.72 bits per heavy atom. The largest absolute Gasteiger partial charge is 0.337 e. The first-order chi connectivity index (χ1) is 29.7. The highest BCUT2D eigenvalue weighted by atomic mass is 32.1. The molecule has 0 saturated heterocycles. The predicted octanol–water partition coefficient (Wildman–Crippen LogP) is 16.5. The highest BCUT2D eigenvalue weighted by Gasteiger charge is 2.23. The Hall–Kier alpha value is -7.14. The van der Waals surface area contributed by atoms with Crippen LogP contribution in [0.1, 0.15) is 26.3 Å². The second-order valence-electron chi connectivity index (χ2n) is 14.6. The van der Waals surface area contributed by atoms with E-state index in [1.54, 1.807) is 0 Å². The molecule has 3 nitrogen and oxygen atoms in total. The first-order valence-electron chi connectivity index (χ1n) is 20.8. The fourth-order valence-electron chi connectivity index (χ4n) is 8.28. The maximum atomic E-state index is 2.47. The number of benzene rings is 8. The van der Waals surface area contributed by atoms with Crippen LogP contribution in [0.25, 0.3) is 36.9 Å². The molecule has 0 atom stereocenters. The van der Waals surface area contributed by atoms with Crippen molar-refractivity contribution in [1.82, 2.24) is 0 Å². The van der Waals surface area contributed by atoms with Crippen molar-refractivity contribution in [2.24, 2.45) is 0 Å². The van der Waals surface area contributed by atoms with Gasteiger partial charge in [-0.05, 0) is 115 Å². The zero-order valence-corrected chi connectivity index (χ0v) is 35.1. The van der Waals surface area contributed by atoms with Gasteiger partial charge in [0.05, 0.1) is 5.69 Å². The molecule has 292 valence electrons. The molecule has 0 bridgehead atoms. The van der Waals surface area contributed by atoms with Gasteiger partial charge in [-0.2, -0.15) is 0 Å². The normalized spacial score (nSPS) is 14.1. The Balaban J connectivity index is 0.00000228. The van der Waals surface area contributed by atoms with Crippen molar-refractivity contribution < 1.29 is 0 Å². The molecule has 60 heavy (non-hydrogen) atoms. The summed E-state index contributed by atoms with van der Waals surface area (Å²) in [6.07, 6.45) is 4.76. The Morgan fingerprint density at radius 1 is 0.467 bits per heavy atom. The quantitative estimate of drug-likeness (QED) is 0.152. The van der Waals surface area contributed by atoms with Gasteiger partial charge < -0.3 is 14.7 Å². The summed E-state index contributed by atoms with van der Waals surface area (Å²) in [7, 11) is 0. The average Bonchev–Trinajstić information content (AvgIpc) is 3.68. The number of para-hydroxylation sites is 5. The number of anilines is 7. The zero-order valence-electron chi connectivity index (χ0n) is 34.2. The summed E-state index contributed by atoms with van der Waals surface area (Å²) in [5.74, 6) is 0. The van der Waals surface area contributed by atoms with E-state index in [4.69, 9.17) is 0 Å². The van der Waals surface area contributed by atoms with E-state index >= 15 is 0 Å². The molecular formula is C56H47N3S. The third-order valence-corrected chi connectivity index (χ3v) is 12.1. The number of hydrogen-bond acceptors (Lipinski definition) is 4. The molecule has 0 fully saturated rings. The first kappa shape index (κ1) is 38.4. The van der Waals surface area contributed by atoms with Gasteiger partial charge >= 0.3 is 0 Å². The van der Waals surface area contributed by atoms with Crippen molar-refractivity contribution in [2.75, 3.05) is 21.2 Å². The second-order valence-corrected chi connectivity index (χ2v) is 15.7. The summed E-state index contributed by atoms with van der Waals surface area (Å²) < 4.78 is 2.62. The van der Waals surface area contributed by atoms with Crippen molar-refractivity contribution in [3.8, 4) is 11.1 Å². The maximum absolute atomic E-state index is 2.47. The van der Waals surface area contributed by atoms with Gasteiger partial charge in [0, 0.05) is 77.7 Å². The molecule has 0 radical (unpaired) electrons. The highest BCUT2D eigenvalue weighted by molar-refractivity contribution is 7.25. The van der Waals surface area contributed by atoms with Crippen LogP contribution >= 0.6 is 11.3 Å². The summed E-state index contributed by atoms with van der Waals surface area (Å²) in [5, 5.41) is 2.62. The van der Waals surface area contributed by atoms with Gasteiger partial charge in [-0.25, -0.2) is 0 Å². The first-order valence-corrected chi connectivity index (χ1v) is 21.6. The molecule has 2 heterocycles.